The number of rotatable bonds is 10. The van der Waals surface area contributed by atoms with Crippen molar-refractivity contribution in [2.75, 3.05) is 39.3 Å². The van der Waals surface area contributed by atoms with Gasteiger partial charge in [0.15, 0.2) is 0 Å². The van der Waals surface area contributed by atoms with Crippen LogP contribution in [0.1, 0.15) is 12.8 Å². The number of hydrogen-bond acceptors (Lipinski definition) is 4. The number of nitrogens with one attached hydrogen (secondary N) is 2. The third-order valence-electron chi connectivity index (χ3n) is 1.81. The molecule has 0 fully saturated rings. The molecule has 0 aromatic rings. The summed E-state index contributed by atoms with van der Waals surface area (Å²) >= 11 is 0. The first-order valence-corrected chi connectivity index (χ1v) is 5.38. The van der Waals surface area contributed by atoms with Crippen molar-refractivity contribution in [1.29, 1.82) is 0 Å². The van der Waals surface area contributed by atoms with Crippen molar-refractivity contribution in [2.45, 2.75) is 12.8 Å². The molecule has 0 aliphatic carbocycles. The normalized spacial score (nSPS) is 11.3. The van der Waals surface area contributed by atoms with Gasteiger partial charge in [0.05, 0.1) is 0 Å². The second-order valence-corrected chi connectivity index (χ2v) is 3.16. The molecule has 0 heterocycles. The molecule has 0 saturated carbocycles. The van der Waals surface area contributed by atoms with E-state index in [0.29, 0.717) is 0 Å². The number of nitrogens with two attached hydrogens (primary N) is 2. The SMILES string of the molecule is NCCCNC/C=C/CNCCCN. The minimum absolute atomic E-state index is 0.761. The maximum Gasteiger partial charge on any atom is 0.0135 e. The Kier molecular flexibility index (Phi) is 12.2. The molecular weight excluding hydrogens is 176 g/mol. The van der Waals surface area contributed by atoms with Gasteiger partial charge >= 0.3 is 0 Å². The van der Waals surface area contributed by atoms with E-state index in [4.69, 9.17) is 11.5 Å². The lowest BCUT2D eigenvalue weighted by atomic mass is 10.4. The van der Waals surface area contributed by atoms with Crippen LogP contribution < -0.4 is 22.1 Å². The lowest BCUT2D eigenvalue weighted by Gasteiger charge is -1.99. The fourth-order valence-electron chi connectivity index (χ4n) is 0.992. The van der Waals surface area contributed by atoms with Gasteiger partial charge in [0.25, 0.3) is 0 Å². The highest BCUT2D eigenvalue weighted by Crippen LogP contribution is 1.74. The maximum absolute atomic E-state index is 5.36. The van der Waals surface area contributed by atoms with Crippen LogP contribution in [0.15, 0.2) is 12.2 Å². The van der Waals surface area contributed by atoms with E-state index in [1.807, 2.05) is 0 Å². The van der Waals surface area contributed by atoms with Crippen LogP contribution in [0.2, 0.25) is 0 Å². The molecule has 0 atom stereocenters. The maximum atomic E-state index is 5.36. The predicted molar refractivity (Wildman–Crippen MR) is 62.2 cm³/mol. The van der Waals surface area contributed by atoms with Gasteiger partial charge in [-0.05, 0) is 39.0 Å². The summed E-state index contributed by atoms with van der Waals surface area (Å²) in [7, 11) is 0. The molecule has 0 aromatic carbocycles. The Bertz CT molecular complexity index is 111. The Morgan fingerprint density at radius 3 is 1.57 bits per heavy atom. The minimum Gasteiger partial charge on any atom is -0.330 e. The molecule has 84 valence electrons. The van der Waals surface area contributed by atoms with Gasteiger partial charge in [0, 0.05) is 13.1 Å². The summed E-state index contributed by atoms with van der Waals surface area (Å²) in [6.45, 7) is 5.38. The van der Waals surface area contributed by atoms with E-state index < -0.39 is 0 Å². The topological polar surface area (TPSA) is 76.1 Å². The standard InChI is InChI=1S/C10H24N4/c11-5-3-9-13-7-1-2-8-14-10-4-6-12/h1-2,13-14H,3-12H2/b2-1+. The highest BCUT2D eigenvalue weighted by molar-refractivity contribution is 4.85. The Morgan fingerprint density at radius 2 is 1.21 bits per heavy atom. The van der Waals surface area contributed by atoms with Gasteiger partial charge in [-0.2, -0.15) is 0 Å². The average Bonchev–Trinajstić information content (AvgIpc) is 2.21. The van der Waals surface area contributed by atoms with Crippen molar-refractivity contribution in [3.05, 3.63) is 12.2 Å². The molecule has 14 heavy (non-hydrogen) atoms. The molecule has 0 aliphatic rings. The molecule has 4 nitrogen and oxygen atoms in total. The monoisotopic (exact) mass is 200 g/mol. The summed E-state index contributed by atoms with van der Waals surface area (Å²) in [5, 5.41) is 6.55. The van der Waals surface area contributed by atoms with Gasteiger partial charge in [-0.1, -0.05) is 12.2 Å². The zero-order valence-electron chi connectivity index (χ0n) is 8.97. The Balaban J connectivity index is 2.96. The summed E-state index contributed by atoms with van der Waals surface area (Å²) in [5.74, 6) is 0. The van der Waals surface area contributed by atoms with Crippen molar-refractivity contribution in [2.24, 2.45) is 11.5 Å². The predicted octanol–water partition coefficient (Wildman–Crippen LogP) is -0.581. The molecule has 4 heteroatoms. The summed E-state index contributed by atoms with van der Waals surface area (Å²) in [4.78, 5) is 0. The van der Waals surface area contributed by atoms with Crippen molar-refractivity contribution >= 4 is 0 Å². The third kappa shape index (κ3) is 11.6. The molecule has 0 saturated heterocycles. The van der Waals surface area contributed by atoms with Crippen LogP contribution in [-0.4, -0.2) is 39.3 Å². The second kappa shape index (κ2) is 12.6. The van der Waals surface area contributed by atoms with Gasteiger partial charge in [0.2, 0.25) is 0 Å². The summed E-state index contributed by atoms with van der Waals surface area (Å²) in [5.41, 5.74) is 10.7. The van der Waals surface area contributed by atoms with Crippen LogP contribution in [-0.2, 0) is 0 Å². The van der Waals surface area contributed by atoms with E-state index in [1.54, 1.807) is 0 Å². The first kappa shape index (κ1) is 13.6. The fourth-order valence-corrected chi connectivity index (χ4v) is 0.992. The van der Waals surface area contributed by atoms with Crippen molar-refractivity contribution in [3.8, 4) is 0 Å². The van der Waals surface area contributed by atoms with Crippen LogP contribution in [0.5, 0.6) is 0 Å². The van der Waals surface area contributed by atoms with Gasteiger partial charge in [-0.3, -0.25) is 0 Å². The molecule has 0 radical (unpaired) electrons. The lowest BCUT2D eigenvalue weighted by molar-refractivity contribution is 0.689. The second-order valence-electron chi connectivity index (χ2n) is 3.16. The van der Waals surface area contributed by atoms with E-state index in [1.165, 1.54) is 0 Å². The molecular formula is C10H24N4. The molecule has 0 aromatic heterocycles. The molecule has 0 bridgehead atoms. The largest absolute Gasteiger partial charge is 0.330 e. The third-order valence-corrected chi connectivity index (χ3v) is 1.81. The van der Waals surface area contributed by atoms with E-state index in [2.05, 4.69) is 22.8 Å². The zero-order valence-corrected chi connectivity index (χ0v) is 8.97. The van der Waals surface area contributed by atoms with Crippen LogP contribution >= 0.6 is 0 Å². The molecule has 6 N–H and O–H groups in total. The van der Waals surface area contributed by atoms with Gasteiger partial charge in [-0.15, -0.1) is 0 Å². The minimum atomic E-state index is 0.761. The molecule has 0 spiro atoms. The first-order chi connectivity index (χ1) is 6.91. The zero-order chi connectivity index (χ0) is 10.5. The van der Waals surface area contributed by atoms with Crippen LogP contribution in [0.25, 0.3) is 0 Å². The number of hydrogen-bond donors (Lipinski definition) is 4. The lowest BCUT2D eigenvalue weighted by Crippen LogP contribution is -2.19. The summed E-state index contributed by atoms with van der Waals surface area (Å²) in [6.07, 6.45) is 6.35. The molecule has 0 rings (SSSR count). The van der Waals surface area contributed by atoms with Crippen molar-refractivity contribution in [3.63, 3.8) is 0 Å². The smallest absolute Gasteiger partial charge is 0.0135 e. The molecule has 0 unspecified atom stereocenters. The van der Waals surface area contributed by atoms with Crippen molar-refractivity contribution < 1.29 is 0 Å². The summed E-state index contributed by atoms with van der Waals surface area (Å²) in [6, 6.07) is 0. The first-order valence-electron chi connectivity index (χ1n) is 5.38. The van der Waals surface area contributed by atoms with E-state index in [-0.39, 0.29) is 0 Å². The van der Waals surface area contributed by atoms with E-state index in [0.717, 1.165) is 52.1 Å². The van der Waals surface area contributed by atoms with Gasteiger partial charge in [0.1, 0.15) is 0 Å². The van der Waals surface area contributed by atoms with Crippen LogP contribution in [0, 0.1) is 0 Å². The van der Waals surface area contributed by atoms with Crippen LogP contribution in [0.4, 0.5) is 0 Å². The summed E-state index contributed by atoms with van der Waals surface area (Å²) < 4.78 is 0. The highest BCUT2D eigenvalue weighted by Gasteiger charge is 1.83. The van der Waals surface area contributed by atoms with Crippen molar-refractivity contribution in [1.82, 2.24) is 10.6 Å². The Morgan fingerprint density at radius 1 is 0.786 bits per heavy atom. The average molecular weight is 200 g/mol. The fraction of sp³-hybridized carbons (Fsp3) is 0.800. The van der Waals surface area contributed by atoms with Gasteiger partial charge in [-0.25, -0.2) is 0 Å². The van der Waals surface area contributed by atoms with E-state index >= 15 is 0 Å². The quantitative estimate of drug-likeness (QED) is 0.281. The van der Waals surface area contributed by atoms with Crippen LogP contribution in [0.3, 0.4) is 0 Å². The molecule has 0 amide bonds. The Labute approximate surface area is 87.1 Å². The van der Waals surface area contributed by atoms with E-state index in [9.17, 15) is 0 Å². The van der Waals surface area contributed by atoms with Gasteiger partial charge < -0.3 is 22.1 Å². The Hall–Kier alpha value is -0.420. The molecule has 0 aliphatic heterocycles. The highest BCUT2D eigenvalue weighted by atomic mass is 14.9.